The molecule has 0 radical (unpaired) electrons. The maximum atomic E-state index is 11.8. The summed E-state index contributed by atoms with van der Waals surface area (Å²) in [6, 6.07) is -1.27. The lowest BCUT2D eigenvalue weighted by molar-refractivity contribution is -0.141. The number of carbonyl (C=O) groups is 2. The third-order valence-electron chi connectivity index (χ3n) is 2.89. The van der Waals surface area contributed by atoms with E-state index < -0.39 is 18.0 Å². The smallest absolute Gasteiger partial charge is 0.326 e. The van der Waals surface area contributed by atoms with Crippen molar-refractivity contribution in [2.24, 2.45) is 0 Å². The number of carboxylic acid groups (broad SMARTS) is 1. The molecule has 19 heavy (non-hydrogen) atoms. The van der Waals surface area contributed by atoms with Crippen LogP contribution in [0, 0.1) is 0 Å². The first-order valence-electron chi connectivity index (χ1n) is 6.11. The van der Waals surface area contributed by atoms with Crippen LogP contribution < -0.4 is 5.32 Å². The number of aryl methyl sites for hydroxylation is 1. The summed E-state index contributed by atoms with van der Waals surface area (Å²) >= 11 is 0. The molecule has 0 aliphatic heterocycles. The van der Waals surface area contributed by atoms with Gasteiger partial charge in [0, 0.05) is 13.6 Å². The molecule has 106 valence electrons. The number of likely N-dealkylation sites (N-methyl/N-ethyl adjacent to an activating group) is 1. The van der Waals surface area contributed by atoms with Crippen molar-refractivity contribution in [3.8, 4) is 0 Å². The Morgan fingerprint density at radius 1 is 1.53 bits per heavy atom. The van der Waals surface area contributed by atoms with Gasteiger partial charge in [-0.25, -0.2) is 9.59 Å². The molecular weight excluding hydrogens is 250 g/mol. The van der Waals surface area contributed by atoms with Crippen molar-refractivity contribution in [2.75, 3.05) is 7.05 Å². The normalized spacial score (nSPS) is 11.9. The van der Waals surface area contributed by atoms with E-state index in [4.69, 9.17) is 5.11 Å². The summed E-state index contributed by atoms with van der Waals surface area (Å²) in [6.45, 7) is 4.59. The molecular formula is C11H19N5O3. The molecule has 0 saturated heterocycles. The van der Waals surface area contributed by atoms with E-state index in [-0.39, 0.29) is 6.54 Å². The molecule has 1 rings (SSSR count). The monoisotopic (exact) mass is 269 g/mol. The van der Waals surface area contributed by atoms with Gasteiger partial charge >= 0.3 is 12.0 Å². The molecule has 1 aromatic rings. The number of carboxylic acids is 1. The molecule has 1 unspecified atom stereocenters. The van der Waals surface area contributed by atoms with Crippen LogP contribution in [-0.4, -0.2) is 49.9 Å². The molecule has 8 heteroatoms. The fourth-order valence-corrected chi connectivity index (χ4v) is 1.72. The largest absolute Gasteiger partial charge is 0.480 e. The van der Waals surface area contributed by atoms with Gasteiger partial charge in [0.1, 0.15) is 12.4 Å². The lowest BCUT2D eigenvalue weighted by Gasteiger charge is -2.23. The zero-order valence-corrected chi connectivity index (χ0v) is 11.3. The van der Waals surface area contributed by atoms with Crippen LogP contribution in [0.15, 0.2) is 6.33 Å². The van der Waals surface area contributed by atoms with Crippen LogP contribution in [0.4, 0.5) is 4.79 Å². The van der Waals surface area contributed by atoms with Crippen LogP contribution in [0.2, 0.25) is 0 Å². The number of rotatable bonds is 6. The molecule has 1 atom stereocenters. The lowest BCUT2D eigenvalue weighted by Crippen LogP contribution is -2.46. The van der Waals surface area contributed by atoms with Gasteiger partial charge in [-0.2, -0.15) is 0 Å². The van der Waals surface area contributed by atoms with E-state index >= 15 is 0 Å². The third-order valence-corrected chi connectivity index (χ3v) is 2.89. The summed E-state index contributed by atoms with van der Waals surface area (Å²) < 4.78 is 1.80. The minimum absolute atomic E-state index is 0.215. The Balaban J connectivity index is 2.58. The van der Waals surface area contributed by atoms with Gasteiger partial charge in [-0.3, -0.25) is 0 Å². The highest BCUT2D eigenvalue weighted by Gasteiger charge is 2.24. The van der Waals surface area contributed by atoms with Gasteiger partial charge < -0.3 is 19.9 Å². The zero-order valence-electron chi connectivity index (χ0n) is 11.3. The molecule has 0 aromatic carbocycles. The summed E-state index contributed by atoms with van der Waals surface area (Å²) in [5, 5.41) is 19.2. The fraction of sp³-hybridized carbons (Fsp3) is 0.636. The third kappa shape index (κ3) is 3.67. The number of aromatic nitrogens is 3. The highest BCUT2D eigenvalue weighted by molar-refractivity contribution is 5.82. The Hall–Kier alpha value is -2.12. The zero-order chi connectivity index (χ0) is 14.4. The number of nitrogens with one attached hydrogen (secondary N) is 1. The van der Waals surface area contributed by atoms with Crippen LogP contribution in [0.3, 0.4) is 0 Å². The minimum Gasteiger partial charge on any atom is -0.480 e. The Bertz CT molecular complexity index is 445. The average Bonchev–Trinajstić information content (AvgIpc) is 2.83. The molecule has 0 spiro atoms. The van der Waals surface area contributed by atoms with Gasteiger partial charge in [0.15, 0.2) is 5.82 Å². The van der Waals surface area contributed by atoms with Gasteiger partial charge in [-0.1, -0.05) is 6.92 Å². The van der Waals surface area contributed by atoms with Crippen molar-refractivity contribution in [2.45, 2.75) is 39.4 Å². The number of aliphatic carboxylic acids is 1. The lowest BCUT2D eigenvalue weighted by atomic mass is 10.2. The second kappa shape index (κ2) is 6.72. The summed E-state index contributed by atoms with van der Waals surface area (Å²) in [5.41, 5.74) is 0. The highest BCUT2D eigenvalue weighted by atomic mass is 16.4. The van der Waals surface area contributed by atoms with Gasteiger partial charge in [-0.15, -0.1) is 10.2 Å². The van der Waals surface area contributed by atoms with Crippen molar-refractivity contribution in [3.63, 3.8) is 0 Å². The molecule has 0 saturated carbocycles. The van der Waals surface area contributed by atoms with E-state index in [0.717, 1.165) is 0 Å². The van der Waals surface area contributed by atoms with Crippen molar-refractivity contribution >= 4 is 12.0 Å². The molecule has 0 aliphatic rings. The second-order valence-electron chi connectivity index (χ2n) is 4.07. The first kappa shape index (κ1) is 14.9. The maximum absolute atomic E-state index is 11.8. The number of urea groups is 1. The highest BCUT2D eigenvalue weighted by Crippen LogP contribution is 2.03. The molecule has 0 aliphatic carbocycles. The number of hydrogen-bond acceptors (Lipinski definition) is 4. The predicted molar refractivity (Wildman–Crippen MR) is 67.4 cm³/mol. The molecule has 8 nitrogen and oxygen atoms in total. The van der Waals surface area contributed by atoms with Crippen LogP contribution in [0.1, 0.15) is 26.1 Å². The van der Waals surface area contributed by atoms with E-state index in [1.54, 1.807) is 17.8 Å². The molecule has 1 aromatic heterocycles. The SMILES string of the molecule is CCC(C(=O)O)N(C)C(=O)NCc1nncn1CC. The van der Waals surface area contributed by atoms with E-state index in [1.165, 1.54) is 11.9 Å². The topological polar surface area (TPSA) is 100 Å². The Kier molecular flexibility index (Phi) is 5.28. The maximum Gasteiger partial charge on any atom is 0.326 e. The Morgan fingerprint density at radius 3 is 2.74 bits per heavy atom. The summed E-state index contributed by atoms with van der Waals surface area (Å²) in [4.78, 5) is 24.0. The quantitative estimate of drug-likeness (QED) is 0.773. The molecule has 0 fully saturated rings. The van der Waals surface area contributed by atoms with E-state index in [1.807, 2.05) is 6.92 Å². The van der Waals surface area contributed by atoms with E-state index in [2.05, 4.69) is 15.5 Å². The summed E-state index contributed by atoms with van der Waals surface area (Å²) in [5.74, 6) is -0.385. The summed E-state index contributed by atoms with van der Waals surface area (Å²) in [6.07, 6.45) is 1.93. The van der Waals surface area contributed by atoms with Crippen molar-refractivity contribution in [3.05, 3.63) is 12.2 Å². The number of nitrogens with zero attached hydrogens (tertiary/aromatic N) is 4. The number of hydrogen-bond donors (Lipinski definition) is 2. The Morgan fingerprint density at radius 2 is 2.21 bits per heavy atom. The van der Waals surface area contributed by atoms with Crippen molar-refractivity contribution in [1.82, 2.24) is 25.0 Å². The van der Waals surface area contributed by atoms with Crippen LogP contribution in [0.25, 0.3) is 0 Å². The van der Waals surface area contributed by atoms with Gasteiger partial charge in [0.2, 0.25) is 0 Å². The molecule has 1 heterocycles. The van der Waals surface area contributed by atoms with Gasteiger partial charge in [0.05, 0.1) is 6.54 Å². The average molecular weight is 269 g/mol. The van der Waals surface area contributed by atoms with Crippen molar-refractivity contribution in [1.29, 1.82) is 0 Å². The summed E-state index contributed by atoms with van der Waals surface area (Å²) in [7, 11) is 1.46. The first-order valence-corrected chi connectivity index (χ1v) is 6.11. The second-order valence-corrected chi connectivity index (χ2v) is 4.07. The predicted octanol–water partition coefficient (Wildman–Crippen LogP) is 0.303. The van der Waals surface area contributed by atoms with E-state index in [9.17, 15) is 9.59 Å². The fourth-order valence-electron chi connectivity index (χ4n) is 1.72. The van der Waals surface area contributed by atoms with Gasteiger partial charge in [-0.05, 0) is 13.3 Å². The standard InChI is InChI=1S/C11H19N5O3/c1-4-8(10(17)18)15(3)11(19)12-6-9-14-13-7-16(9)5-2/h7-8H,4-6H2,1-3H3,(H,12,19)(H,17,18). The number of amides is 2. The van der Waals surface area contributed by atoms with Gasteiger partial charge in [0.25, 0.3) is 0 Å². The first-order chi connectivity index (χ1) is 9.01. The van der Waals surface area contributed by atoms with Crippen LogP contribution in [0.5, 0.6) is 0 Å². The van der Waals surface area contributed by atoms with Crippen LogP contribution >= 0.6 is 0 Å². The van der Waals surface area contributed by atoms with Crippen LogP contribution in [-0.2, 0) is 17.9 Å². The molecule has 2 amide bonds. The molecule has 2 N–H and O–H groups in total. The Labute approximate surface area is 111 Å². The van der Waals surface area contributed by atoms with E-state index in [0.29, 0.717) is 18.8 Å². The number of carbonyl (C=O) groups excluding carboxylic acids is 1. The minimum atomic E-state index is -1.02. The molecule has 0 bridgehead atoms. The van der Waals surface area contributed by atoms with Crippen molar-refractivity contribution < 1.29 is 14.7 Å².